The van der Waals surface area contributed by atoms with E-state index in [1.165, 1.54) is 31.2 Å². The molecule has 0 aliphatic carbocycles. The molecule has 28 heavy (non-hydrogen) atoms. The first kappa shape index (κ1) is 19.6. The fraction of sp³-hybridized carbons (Fsp3) is 0.211. The topological polar surface area (TPSA) is 113 Å². The standard InChI is InChI=1S/C19H19N3O5S/c1-12-11-28(26,27)22(19(12)25)17-8-3-5-14(9-17)18(24)21-16-7-4-6-15(10-16)20-13(2)23/h3-10,12H,11H2,1-2H3,(H,20,23)(H,21,24)/t12-/m0/s1. The zero-order chi connectivity index (χ0) is 20.5. The molecule has 0 radical (unpaired) electrons. The maximum Gasteiger partial charge on any atom is 0.255 e. The lowest BCUT2D eigenvalue weighted by Gasteiger charge is -2.16. The summed E-state index contributed by atoms with van der Waals surface area (Å²) >= 11 is 0. The van der Waals surface area contributed by atoms with E-state index >= 15 is 0 Å². The summed E-state index contributed by atoms with van der Waals surface area (Å²) in [7, 11) is -3.75. The molecule has 0 unspecified atom stereocenters. The van der Waals surface area contributed by atoms with Gasteiger partial charge in [-0.3, -0.25) is 14.4 Å². The van der Waals surface area contributed by atoms with E-state index in [4.69, 9.17) is 0 Å². The van der Waals surface area contributed by atoms with Crippen molar-refractivity contribution < 1.29 is 22.8 Å². The Labute approximate surface area is 162 Å². The molecule has 1 saturated heterocycles. The largest absolute Gasteiger partial charge is 0.326 e. The molecule has 2 N–H and O–H groups in total. The molecule has 0 spiro atoms. The Hall–Kier alpha value is -3.20. The fourth-order valence-electron chi connectivity index (χ4n) is 2.94. The Morgan fingerprint density at radius 1 is 1.04 bits per heavy atom. The molecule has 0 bridgehead atoms. The molecule has 3 rings (SSSR count). The van der Waals surface area contributed by atoms with Gasteiger partial charge in [-0.2, -0.15) is 0 Å². The van der Waals surface area contributed by atoms with Crippen LogP contribution in [-0.4, -0.2) is 31.9 Å². The summed E-state index contributed by atoms with van der Waals surface area (Å²) in [6.45, 7) is 2.93. The van der Waals surface area contributed by atoms with Crippen LogP contribution in [0.2, 0.25) is 0 Å². The van der Waals surface area contributed by atoms with Gasteiger partial charge in [-0.25, -0.2) is 12.7 Å². The maximum absolute atomic E-state index is 12.6. The highest BCUT2D eigenvalue weighted by Gasteiger charge is 2.42. The highest BCUT2D eigenvalue weighted by molar-refractivity contribution is 7.94. The molecular weight excluding hydrogens is 382 g/mol. The molecule has 1 fully saturated rings. The zero-order valence-corrected chi connectivity index (χ0v) is 16.1. The first-order chi connectivity index (χ1) is 13.2. The molecule has 1 atom stereocenters. The van der Waals surface area contributed by atoms with E-state index in [9.17, 15) is 22.8 Å². The zero-order valence-electron chi connectivity index (χ0n) is 15.3. The van der Waals surface area contributed by atoms with Crippen LogP contribution in [0.25, 0.3) is 0 Å². The third-order valence-corrected chi connectivity index (χ3v) is 6.01. The molecule has 8 nitrogen and oxygen atoms in total. The average Bonchev–Trinajstić information content (AvgIpc) is 2.81. The van der Waals surface area contributed by atoms with Crippen molar-refractivity contribution in [2.45, 2.75) is 13.8 Å². The van der Waals surface area contributed by atoms with Crippen molar-refractivity contribution in [1.29, 1.82) is 0 Å². The minimum Gasteiger partial charge on any atom is -0.326 e. The van der Waals surface area contributed by atoms with E-state index in [1.807, 2.05) is 0 Å². The van der Waals surface area contributed by atoms with Crippen molar-refractivity contribution in [1.82, 2.24) is 0 Å². The van der Waals surface area contributed by atoms with Crippen LogP contribution in [0, 0.1) is 5.92 Å². The van der Waals surface area contributed by atoms with E-state index < -0.39 is 27.8 Å². The van der Waals surface area contributed by atoms with Gasteiger partial charge in [0.25, 0.3) is 5.91 Å². The molecule has 1 aliphatic rings. The van der Waals surface area contributed by atoms with Crippen LogP contribution in [0.1, 0.15) is 24.2 Å². The van der Waals surface area contributed by atoms with Gasteiger partial charge in [0.15, 0.2) is 0 Å². The number of carbonyl (C=O) groups excluding carboxylic acids is 3. The Bertz CT molecular complexity index is 1060. The van der Waals surface area contributed by atoms with Crippen LogP contribution in [0.5, 0.6) is 0 Å². The minimum atomic E-state index is -3.75. The second kappa shape index (κ2) is 7.43. The van der Waals surface area contributed by atoms with Gasteiger partial charge in [-0.15, -0.1) is 0 Å². The number of rotatable bonds is 4. The lowest BCUT2D eigenvalue weighted by atomic mass is 10.1. The average molecular weight is 401 g/mol. The van der Waals surface area contributed by atoms with Gasteiger partial charge in [0.2, 0.25) is 21.8 Å². The molecule has 2 aromatic carbocycles. The predicted octanol–water partition coefficient (Wildman–Crippen LogP) is 2.21. The number of nitrogens with zero attached hydrogens (tertiary/aromatic N) is 1. The van der Waals surface area contributed by atoms with Gasteiger partial charge >= 0.3 is 0 Å². The lowest BCUT2D eigenvalue weighted by molar-refractivity contribution is -0.119. The van der Waals surface area contributed by atoms with Crippen LogP contribution in [0.3, 0.4) is 0 Å². The Morgan fingerprint density at radius 2 is 1.68 bits per heavy atom. The smallest absolute Gasteiger partial charge is 0.255 e. The van der Waals surface area contributed by atoms with Gasteiger partial charge in [0, 0.05) is 23.9 Å². The highest BCUT2D eigenvalue weighted by atomic mass is 32.2. The summed E-state index contributed by atoms with van der Waals surface area (Å²) in [5.41, 5.74) is 1.32. The van der Waals surface area contributed by atoms with Crippen LogP contribution < -0.4 is 14.9 Å². The van der Waals surface area contributed by atoms with E-state index in [-0.39, 0.29) is 22.9 Å². The fourth-order valence-corrected chi connectivity index (χ4v) is 4.75. The van der Waals surface area contributed by atoms with Crippen LogP contribution in [-0.2, 0) is 19.6 Å². The minimum absolute atomic E-state index is 0.133. The number of hydrogen-bond donors (Lipinski definition) is 2. The van der Waals surface area contributed by atoms with Crippen molar-refractivity contribution in [2.24, 2.45) is 5.92 Å². The Morgan fingerprint density at radius 3 is 2.29 bits per heavy atom. The maximum atomic E-state index is 12.6. The molecular formula is C19H19N3O5S. The molecule has 0 saturated carbocycles. The van der Waals surface area contributed by atoms with E-state index in [2.05, 4.69) is 10.6 Å². The third-order valence-electron chi connectivity index (χ3n) is 4.14. The molecule has 3 amide bonds. The Balaban J connectivity index is 1.84. The van der Waals surface area contributed by atoms with Crippen LogP contribution >= 0.6 is 0 Å². The lowest BCUT2D eigenvalue weighted by Crippen LogP contribution is -2.30. The van der Waals surface area contributed by atoms with Crippen molar-refractivity contribution in [3.8, 4) is 0 Å². The third kappa shape index (κ3) is 4.04. The molecule has 0 aromatic heterocycles. The number of carbonyl (C=O) groups is 3. The highest BCUT2D eigenvalue weighted by Crippen LogP contribution is 2.29. The molecule has 1 heterocycles. The Kier molecular flexibility index (Phi) is 5.19. The summed E-state index contributed by atoms with van der Waals surface area (Å²) in [6, 6.07) is 12.5. The normalized spacial score (nSPS) is 18.0. The van der Waals surface area contributed by atoms with Gasteiger partial charge in [-0.05, 0) is 36.4 Å². The van der Waals surface area contributed by atoms with Crippen molar-refractivity contribution in [3.05, 3.63) is 54.1 Å². The van der Waals surface area contributed by atoms with Crippen LogP contribution in [0.15, 0.2) is 48.5 Å². The number of hydrogen-bond acceptors (Lipinski definition) is 5. The second-order valence-electron chi connectivity index (χ2n) is 6.55. The number of anilines is 3. The number of nitrogens with one attached hydrogen (secondary N) is 2. The van der Waals surface area contributed by atoms with Gasteiger partial charge < -0.3 is 10.6 Å². The first-order valence-corrected chi connectivity index (χ1v) is 10.1. The van der Waals surface area contributed by atoms with E-state index in [1.54, 1.807) is 31.2 Å². The SMILES string of the molecule is CC(=O)Nc1cccc(NC(=O)c2cccc(N3C(=O)[C@@H](C)CS3(=O)=O)c2)c1. The van der Waals surface area contributed by atoms with Crippen LogP contribution in [0.4, 0.5) is 17.1 Å². The van der Waals surface area contributed by atoms with Crippen molar-refractivity contribution >= 4 is 44.8 Å². The van der Waals surface area contributed by atoms with Gasteiger partial charge in [0.1, 0.15) is 0 Å². The summed E-state index contributed by atoms with van der Waals surface area (Å²) in [4.78, 5) is 36.0. The first-order valence-electron chi connectivity index (χ1n) is 8.53. The monoisotopic (exact) mass is 401 g/mol. The quantitative estimate of drug-likeness (QED) is 0.816. The molecule has 2 aromatic rings. The molecule has 146 valence electrons. The van der Waals surface area contributed by atoms with E-state index in [0.717, 1.165) is 4.31 Å². The second-order valence-corrected chi connectivity index (χ2v) is 8.41. The molecule has 1 aliphatic heterocycles. The van der Waals surface area contributed by atoms with E-state index in [0.29, 0.717) is 11.4 Å². The van der Waals surface area contributed by atoms with Gasteiger partial charge in [-0.1, -0.05) is 19.1 Å². The summed E-state index contributed by atoms with van der Waals surface area (Å²) in [6.07, 6.45) is 0. The number of benzene rings is 2. The number of amides is 3. The van der Waals surface area contributed by atoms with Crippen molar-refractivity contribution in [3.63, 3.8) is 0 Å². The number of sulfonamides is 1. The van der Waals surface area contributed by atoms with Crippen molar-refractivity contribution in [2.75, 3.05) is 20.7 Å². The predicted molar refractivity (Wildman–Crippen MR) is 106 cm³/mol. The molecule has 9 heteroatoms. The summed E-state index contributed by atoms with van der Waals surface area (Å²) in [5, 5.41) is 5.31. The summed E-state index contributed by atoms with van der Waals surface area (Å²) < 4.78 is 25.3. The van der Waals surface area contributed by atoms with Gasteiger partial charge in [0.05, 0.1) is 17.4 Å². The summed E-state index contributed by atoms with van der Waals surface area (Å²) in [5.74, 6) is -2.10.